The Morgan fingerprint density at radius 3 is 2.94 bits per heavy atom. The first-order valence-electron chi connectivity index (χ1n) is 5.77. The van der Waals surface area contributed by atoms with Gasteiger partial charge >= 0.3 is 5.97 Å². The zero-order valence-electron chi connectivity index (χ0n) is 10.3. The smallest absolute Gasteiger partial charge is 0.340 e. The maximum atomic E-state index is 11.5. The summed E-state index contributed by atoms with van der Waals surface area (Å²) in [7, 11) is 1.35. The molecule has 5 nitrogen and oxygen atoms in total. The van der Waals surface area contributed by atoms with Crippen molar-refractivity contribution in [3.8, 4) is 0 Å². The molecule has 0 N–H and O–H groups in total. The molecule has 0 aromatic carbocycles. The van der Waals surface area contributed by atoms with Gasteiger partial charge in [0.25, 0.3) is 0 Å². The highest BCUT2D eigenvalue weighted by Gasteiger charge is 2.16. The molecule has 6 heteroatoms. The summed E-state index contributed by atoms with van der Waals surface area (Å²) in [5, 5.41) is 5.12. The first kappa shape index (κ1) is 13.0. The van der Waals surface area contributed by atoms with Gasteiger partial charge in [0, 0.05) is 17.2 Å². The van der Waals surface area contributed by atoms with E-state index in [1.165, 1.54) is 13.3 Å². The van der Waals surface area contributed by atoms with Gasteiger partial charge in [-0.3, -0.25) is 0 Å². The summed E-state index contributed by atoms with van der Waals surface area (Å²) in [5.74, 6) is -0.405. The fraction of sp³-hybridized carbons (Fsp3) is 0.417. The van der Waals surface area contributed by atoms with Crippen LogP contribution in [-0.2, 0) is 11.3 Å². The van der Waals surface area contributed by atoms with Crippen molar-refractivity contribution in [2.45, 2.75) is 26.3 Å². The molecule has 0 aliphatic rings. The summed E-state index contributed by atoms with van der Waals surface area (Å²) in [6, 6.07) is 0. The van der Waals surface area contributed by atoms with Crippen LogP contribution in [0.1, 0.15) is 30.1 Å². The molecule has 0 unspecified atom stereocenters. The van der Waals surface area contributed by atoms with Crippen LogP contribution < -0.4 is 0 Å². The van der Waals surface area contributed by atoms with Crippen LogP contribution in [0.15, 0.2) is 16.9 Å². The molecular formula is C12H14BrN3O2. The lowest BCUT2D eigenvalue weighted by Crippen LogP contribution is -2.05. The number of methoxy groups -OCH3 is 1. The number of rotatable bonds is 4. The van der Waals surface area contributed by atoms with Gasteiger partial charge in [-0.1, -0.05) is 13.3 Å². The molecule has 96 valence electrons. The molecule has 0 atom stereocenters. The van der Waals surface area contributed by atoms with E-state index in [9.17, 15) is 4.79 Å². The second-order valence-electron chi connectivity index (χ2n) is 3.94. The van der Waals surface area contributed by atoms with Gasteiger partial charge < -0.3 is 4.74 Å². The average Bonchev–Trinajstić information content (AvgIpc) is 2.80. The van der Waals surface area contributed by atoms with Gasteiger partial charge in [0.15, 0.2) is 5.65 Å². The number of hydrogen-bond acceptors (Lipinski definition) is 4. The summed E-state index contributed by atoms with van der Waals surface area (Å²) in [6.45, 7) is 2.96. The van der Waals surface area contributed by atoms with E-state index < -0.39 is 5.97 Å². The number of carbonyl (C=O) groups is 1. The number of halogens is 1. The van der Waals surface area contributed by atoms with Crippen molar-refractivity contribution in [3.05, 3.63) is 22.4 Å². The van der Waals surface area contributed by atoms with E-state index in [1.807, 2.05) is 4.68 Å². The van der Waals surface area contributed by atoms with Crippen molar-refractivity contribution in [2.24, 2.45) is 0 Å². The van der Waals surface area contributed by atoms with Crippen molar-refractivity contribution in [1.29, 1.82) is 0 Å². The van der Waals surface area contributed by atoms with E-state index >= 15 is 0 Å². The number of aromatic nitrogens is 3. The molecule has 2 aromatic heterocycles. The van der Waals surface area contributed by atoms with Crippen molar-refractivity contribution in [1.82, 2.24) is 14.8 Å². The Balaban J connectivity index is 2.47. The average molecular weight is 312 g/mol. The Kier molecular flexibility index (Phi) is 3.96. The number of ether oxygens (including phenoxy) is 1. The lowest BCUT2D eigenvalue weighted by atomic mass is 10.2. The van der Waals surface area contributed by atoms with Crippen molar-refractivity contribution in [2.75, 3.05) is 7.11 Å². The predicted octanol–water partition coefficient (Wildman–Crippen LogP) is 2.78. The number of esters is 1. The van der Waals surface area contributed by atoms with Gasteiger partial charge in [-0.25, -0.2) is 14.5 Å². The summed E-state index contributed by atoms with van der Waals surface area (Å²) >= 11 is 3.41. The minimum atomic E-state index is -0.405. The Hall–Kier alpha value is -1.43. The molecule has 2 rings (SSSR count). The number of carbonyl (C=O) groups excluding carboxylic acids is 1. The Bertz CT molecular complexity index is 580. The normalized spacial score (nSPS) is 10.8. The minimum absolute atomic E-state index is 0.405. The molecule has 2 heterocycles. The SMILES string of the molecule is CCCCn1ncc2c(Br)c(C(=O)OC)cnc21. The first-order chi connectivity index (χ1) is 8.69. The van der Waals surface area contributed by atoms with Gasteiger partial charge in [0.1, 0.15) is 0 Å². The van der Waals surface area contributed by atoms with Gasteiger partial charge in [0.05, 0.1) is 24.3 Å². The van der Waals surface area contributed by atoms with Crippen LogP contribution in [0.4, 0.5) is 0 Å². The molecule has 18 heavy (non-hydrogen) atoms. The van der Waals surface area contributed by atoms with E-state index in [0.717, 1.165) is 30.4 Å². The monoisotopic (exact) mass is 311 g/mol. The summed E-state index contributed by atoms with van der Waals surface area (Å²) in [5.41, 5.74) is 1.20. The third-order valence-corrected chi connectivity index (χ3v) is 3.58. The molecule has 2 aromatic rings. The zero-order chi connectivity index (χ0) is 13.1. The largest absolute Gasteiger partial charge is 0.465 e. The second kappa shape index (κ2) is 5.48. The van der Waals surface area contributed by atoms with Gasteiger partial charge in [0.2, 0.25) is 0 Å². The van der Waals surface area contributed by atoms with Crippen LogP contribution in [0.2, 0.25) is 0 Å². The number of aryl methyl sites for hydroxylation is 1. The predicted molar refractivity (Wildman–Crippen MR) is 71.5 cm³/mol. The highest BCUT2D eigenvalue weighted by Crippen LogP contribution is 2.26. The first-order valence-corrected chi connectivity index (χ1v) is 6.56. The standard InChI is InChI=1S/C12H14BrN3O2/c1-3-4-5-16-11-8(7-15-16)10(13)9(6-14-11)12(17)18-2/h6-7H,3-5H2,1-2H3. The van der Waals surface area contributed by atoms with Crippen LogP contribution in [0.25, 0.3) is 11.0 Å². The summed E-state index contributed by atoms with van der Waals surface area (Å²) < 4.78 is 7.24. The molecule has 0 spiro atoms. The number of fused-ring (bicyclic) bond motifs is 1. The Morgan fingerprint density at radius 2 is 2.28 bits per heavy atom. The van der Waals surface area contributed by atoms with E-state index in [2.05, 4.69) is 32.9 Å². The topological polar surface area (TPSA) is 57.0 Å². The van der Waals surface area contributed by atoms with Crippen LogP contribution in [0.3, 0.4) is 0 Å². The highest BCUT2D eigenvalue weighted by molar-refractivity contribution is 9.10. The molecule has 0 saturated heterocycles. The quantitative estimate of drug-likeness (QED) is 0.815. The van der Waals surface area contributed by atoms with E-state index in [1.54, 1.807) is 6.20 Å². The molecule has 0 aliphatic carbocycles. The van der Waals surface area contributed by atoms with E-state index in [-0.39, 0.29) is 0 Å². The third-order valence-electron chi connectivity index (χ3n) is 2.73. The van der Waals surface area contributed by atoms with Crippen molar-refractivity contribution >= 4 is 32.9 Å². The Morgan fingerprint density at radius 1 is 1.50 bits per heavy atom. The maximum Gasteiger partial charge on any atom is 0.340 e. The lowest BCUT2D eigenvalue weighted by Gasteiger charge is -2.04. The third kappa shape index (κ3) is 2.25. The second-order valence-corrected chi connectivity index (χ2v) is 4.73. The molecular weight excluding hydrogens is 298 g/mol. The van der Waals surface area contributed by atoms with Crippen LogP contribution in [0, 0.1) is 0 Å². The van der Waals surface area contributed by atoms with Crippen LogP contribution >= 0.6 is 15.9 Å². The Labute approximate surface area is 113 Å². The van der Waals surface area contributed by atoms with E-state index in [0.29, 0.717) is 10.0 Å². The number of hydrogen-bond donors (Lipinski definition) is 0. The summed E-state index contributed by atoms with van der Waals surface area (Å²) in [4.78, 5) is 15.8. The number of unbranched alkanes of at least 4 members (excludes halogenated alkanes) is 1. The zero-order valence-corrected chi connectivity index (χ0v) is 11.9. The van der Waals surface area contributed by atoms with Gasteiger partial charge in [-0.2, -0.15) is 5.10 Å². The fourth-order valence-electron chi connectivity index (χ4n) is 1.72. The van der Waals surface area contributed by atoms with Gasteiger partial charge in [-0.15, -0.1) is 0 Å². The minimum Gasteiger partial charge on any atom is -0.465 e. The number of pyridine rings is 1. The van der Waals surface area contributed by atoms with E-state index in [4.69, 9.17) is 4.74 Å². The molecule has 0 bridgehead atoms. The molecule has 0 radical (unpaired) electrons. The van der Waals surface area contributed by atoms with Crippen LogP contribution in [0.5, 0.6) is 0 Å². The fourth-order valence-corrected chi connectivity index (χ4v) is 2.27. The number of nitrogens with zero attached hydrogens (tertiary/aromatic N) is 3. The summed E-state index contributed by atoms with van der Waals surface area (Å²) in [6.07, 6.45) is 5.38. The molecule has 0 amide bonds. The lowest BCUT2D eigenvalue weighted by molar-refractivity contribution is 0.0599. The molecule has 0 aliphatic heterocycles. The van der Waals surface area contributed by atoms with Crippen molar-refractivity contribution in [3.63, 3.8) is 0 Å². The highest BCUT2D eigenvalue weighted by atomic mass is 79.9. The van der Waals surface area contributed by atoms with Crippen molar-refractivity contribution < 1.29 is 9.53 Å². The maximum absolute atomic E-state index is 11.5. The van der Waals surface area contributed by atoms with Crippen LogP contribution in [-0.4, -0.2) is 27.8 Å². The van der Waals surface area contributed by atoms with Gasteiger partial charge in [-0.05, 0) is 22.4 Å². The molecule has 0 saturated carbocycles. The molecule has 0 fully saturated rings.